The minimum atomic E-state index is -0.784. The zero-order valence-corrected chi connectivity index (χ0v) is 10.2. The van der Waals surface area contributed by atoms with Crippen LogP contribution >= 0.6 is 0 Å². The van der Waals surface area contributed by atoms with Crippen molar-refractivity contribution in [3.63, 3.8) is 0 Å². The van der Waals surface area contributed by atoms with E-state index in [4.69, 9.17) is 5.11 Å². The normalized spacial score (nSPS) is 10.2. The van der Waals surface area contributed by atoms with Gasteiger partial charge in [-0.3, -0.25) is 4.79 Å². The molecule has 0 aromatic heterocycles. The Hall–Kier alpha value is -1.51. The van der Waals surface area contributed by atoms with Crippen LogP contribution in [0.25, 0.3) is 0 Å². The standard InChI is InChI=1S/C13H19NO2/c1-4-7-14(9-13(15)16)12-6-5-10(2)8-11(12)3/h5-6,8H,4,7,9H2,1-3H3,(H,15,16). The number of rotatable bonds is 5. The van der Waals surface area contributed by atoms with E-state index in [0.29, 0.717) is 0 Å². The molecule has 16 heavy (non-hydrogen) atoms. The zero-order valence-electron chi connectivity index (χ0n) is 10.2. The second-order valence-electron chi connectivity index (χ2n) is 4.11. The molecule has 1 aromatic carbocycles. The van der Waals surface area contributed by atoms with Crippen LogP contribution in [0.1, 0.15) is 24.5 Å². The average Bonchev–Trinajstić information content (AvgIpc) is 2.16. The van der Waals surface area contributed by atoms with Gasteiger partial charge >= 0.3 is 5.97 Å². The summed E-state index contributed by atoms with van der Waals surface area (Å²) in [6, 6.07) is 6.11. The number of anilines is 1. The quantitative estimate of drug-likeness (QED) is 0.830. The molecule has 0 radical (unpaired) electrons. The molecule has 1 aromatic rings. The van der Waals surface area contributed by atoms with E-state index in [1.807, 2.05) is 30.9 Å². The average molecular weight is 221 g/mol. The predicted octanol–water partition coefficient (Wildman–Crippen LogP) is 2.60. The molecule has 3 heteroatoms. The van der Waals surface area contributed by atoms with Crippen LogP contribution in [0.3, 0.4) is 0 Å². The van der Waals surface area contributed by atoms with E-state index in [9.17, 15) is 4.79 Å². The second kappa shape index (κ2) is 5.54. The van der Waals surface area contributed by atoms with E-state index in [-0.39, 0.29) is 6.54 Å². The summed E-state index contributed by atoms with van der Waals surface area (Å²) in [6.45, 7) is 6.96. The molecule has 3 nitrogen and oxygen atoms in total. The molecule has 0 heterocycles. The number of carboxylic acids is 1. The van der Waals surface area contributed by atoms with Crippen LogP contribution in [0.5, 0.6) is 0 Å². The van der Waals surface area contributed by atoms with Gasteiger partial charge in [0.15, 0.2) is 0 Å². The van der Waals surface area contributed by atoms with Crippen molar-refractivity contribution >= 4 is 11.7 Å². The summed E-state index contributed by atoms with van der Waals surface area (Å²) in [4.78, 5) is 12.7. The molecular formula is C13H19NO2. The first-order chi connectivity index (χ1) is 7.54. The number of carbonyl (C=O) groups is 1. The summed E-state index contributed by atoms with van der Waals surface area (Å²) >= 11 is 0. The number of hydrogen-bond donors (Lipinski definition) is 1. The number of aryl methyl sites for hydroxylation is 2. The fourth-order valence-corrected chi connectivity index (χ4v) is 1.88. The summed E-state index contributed by atoms with van der Waals surface area (Å²) in [5.41, 5.74) is 3.36. The molecule has 0 aliphatic heterocycles. The highest BCUT2D eigenvalue weighted by molar-refractivity contribution is 5.74. The van der Waals surface area contributed by atoms with E-state index in [0.717, 1.165) is 24.2 Å². The summed E-state index contributed by atoms with van der Waals surface area (Å²) in [5, 5.41) is 8.88. The maximum atomic E-state index is 10.8. The van der Waals surface area contributed by atoms with Gasteiger partial charge in [-0.1, -0.05) is 24.6 Å². The van der Waals surface area contributed by atoms with Crippen molar-refractivity contribution in [3.05, 3.63) is 29.3 Å². The van der Waals surface area contributed by atoms with Crippen molar-refractivity contribution in [1.82, 2.24) is 0 Å². The molecule has 1 N–H and O–H groups in total. The van der Waals surface area contributed by atoms with Crippen molar-refractivity contribution in [3.8, 4) is 0 Å². The molecule has 0 spiro atoms. The Bertz CT molecular complexity index is 374. The van der Waals surface area contributed by atoms with Crippen molar-refractivity contribution in [2.45, 2.75) is 27.2 Å². The second-order valence-corrected chi connectivity index (χ2v) is 4.11. The maximum Gasteiger partial charge on any atom is 0.323 e. The van der Waals surface area contributed by atoms with E-state index < -0.39 is 5.97 Å². The van der Waals surface area contributed by atoms with Crippen LogP contribution in [0.4, 0.5) is 5.69 Å². The molecule has 1 rings (SSSR count). The lowest BCUT2D eigenvalue weighted by molar-refractivity contribution is -0.135. The Kier molecular flexibility index (Phi) is 4.35. The van der Waals surface area contributed by atoms with Gasteiger partial charge in [-0.2, -0.15) is 0 Å². The first-order valence-electron chi connectivity index (χ1n) is 5.58. The van der Waals surface area contributed by atoms with Crippen LogP contribution in [0.15, 0.2) is 18.2 Å². The topological polar surface area (TPSA) is 40.5 Å². The van der Waals surface area contributed by atoms with Gasteiger partial charge in [0.05, 0.1) is 0 Å². The highest BCUT2D eigenvalue weighted by atomic mass is 16.4. The summed E-state index contributed by atoms with van der Waals surface area (Å²) in [6.07, 6.45) is 0.945. The molecular weight excluding hydrogens is 202 g/mol. The van der Waals surface area contributed by atoms with Crippen molar-refractivity contribution in [1.29, 1.82) is 0 Å². The highest BCUT2D eigenvalue weighted by Crippen LogP contribution is 2.21. The Balaban J connectivity index is 2.95. The number of benzene rings is 1. The van der Waals surface area contributed by atoms with Gasteiger partial charge in [0, 0.05) is 12.2 Å². The Labute approximate surface area is 96.7 Å². The lowest BCUT2D eigenvalue weighted by Crippen LogP contribution is -2.30. The highest BCUT2D eigenvalue weighted by Gasteiger charge is 2.11. The van der Waals surface area contributed by atoms with Gasteiger partial charge in [0.1, 0.15) is 6.54 Å². The van der Waals surface area contributed by atoms with Gasteiger partial charge in [0.25, 0.3) is 0 Å². The largest absolute Gasteiger partial charge is 0.480 e. The SMILES string of the molecule is CCCN(CC(=O)O)c1ccc(C)cc1C. The number of nitrogens with zero attached hydrogens (tertiary/aromatic N) is 1. The zero-order chi connectivity index (χ0) is 12.1. The third kappa shape index (κ3) is 3.26. The van der Waals surface area contributed by atoms with Gasteiger partial charge in [0.2, 0.25) is 0 Å². The summed E-state index contributed by atoms with van der Waals surface area (Å²) < 4.78 is 0. The fourth-order valence-electron chi connectivity index (χ4n) is 1.88. The first kappa shape index (κ1) is 12.6. The molecule has 0 saturated carbocycles. The van der Waals surface area contributed by atoms with E-state index in [1.165, 1.54) is 5.56 Å². The molecule has 0 fully saturated rings. The number of carboxylic acid groups (broad SMARTS) is 1. The minimum Gasteiger partial charge on any atom is -0.480 e. The minimum absolute atomic E-state index is 0.0672. The molecule has 0 unspecified atom stereocenters. The summed E-state index contributed by atoms with van der Waals surface area (Å²) in [7, 11) is 0. The van der Waals surface area contributed by atoms with Crippen molar-refractivity contribution in [2.24, 2.45) is 0 Å². The Morgan fingerprint density at radius 2 is 2.06 bits per heavy atom. The van der Waals surface area contributed by atoms with E-state index >= 15 is 0 Å². The van der Waals surface area contributed by atoms with Crippen LogP contribution in [-0.4, -0.2) is 24.2 Å². The van der Waals surface area contributed by atoms with Gasteiger partial charge in [-0.05, 0) is 31.9 Å². The first-order valence-corrected chi connectivity index (χ1v) is 5.58. The smallest absolute Gasteiger partial charge is 0.323 e. The predicted molar refractivity (Wildman–Crippen MR) is 66.1 cm³/mol. The van der Waals surface area contributed by atoms with E-state index in [2.05, 4.69) is 13.0 Å². The van der Waals surface area contributed by atoms with Crippen LogP contribution < -0.4 is 4.90 Å². The third-order valence-electron chi connectivity index (χ3n) is 2.51. The molecule has 0 aliphatic carbocycles. The van der Waals surface area contributed by atoms with E-state index in [1.54, 1.807) is 0 Å². The van der Waals surface area contributed by atoms with Gasteiger partial charge in [-0.15, -0.1) is 0 Å². The van der Waals surface area contributed by atoms with Crippen LogP contribution in [0, 0.1) is 13.8 Å². The molecule has 0 bridgehead atoms. The van der Waals surface area contributed by atoms with Gasteiger partial charge in [-0.25, -0.2) is 0 Å². The maximum absolute atomic E-state index is 10.8. The van der Waals surface area contributed by atoms with Crippen molar-refractivity contribution in [2.75, 3.05) is 18.0 Å². The fraction of sp³-hybridized carbons (Fsp3) is 0.462. The lowest BCUT2D eigenvalue weighted by Gasteiger charge is -2.24. The number of hydrogen-bond acceptors (Lipinski definition) is 2. The third-order valence-corrected chi connectivity index (χ3v) is 2.51. The molecule has 0 atom stereocenters. The van der Waals surface area contributed by atoms with Gasteiger partial charge < -0.3 is 10.0 Å². The Morgan fingerprint density at radius 3 is 2.56 bits per heavy atom. The molecule has 88 valence electrons. The Morgan fingerprint density at radius 1 is 1.38 bits per heavy atom. The van der Waals surface area contributed by atoms with Crippen molar-refractivity contribution < 1.29 is 9.90 Å². The van der Waals surface area contributed by atoms with Crippen LogP contribution in [0.2, 0.25) is 0 Å². The molecule has 0 aliphatic rings. The lowest BCUT2D eigenvalue weighted by atomic mass is 10.1. The molecule has 0 saturated heterocycles. The monoisotopic (exact) mass is 221 g/mol. The number of aliphatic carboxylic acids is 1. The molecule has 0 amide bonds. The summed E-state index contributed by atoms with van der Waals surface area (Å²) in [5.74, 6) is -0.784. The van der Waals surface area contributed by atoms with Crippen LogP contribution in [-0.2, 0) is 4.79 Å².